The first-order valence-corrected chi connectivity index (χ1v) is 7.27. The Bertz CT molecular complexity index is 794. The Kier molecular flexibility index (Phi) is 3.56. The Morgan fingerprint density at radius 1 is 1.33 bits per heavy atom. The molecule has 0 unspecified atom stereocenters. The minimum absolute atomic E-state index is 0.883. The standard InChI is InChI=1S/C16H19N5/c1-4-8-12(5-2)15-11(3)17-19-16(15)21-14-10-7-6-9-13(14)18-20-21/h5-7,9-10H,4,8H2,1-3H3,(H,17,19)/b12-5-. The van der Waals surface area contributed by atoms with Crippen molar-refractivity contribution in [1.29, 1.82) is 0 Å². The lowest BCUT2D eigenvalue weighted by Crippen LogP contribution is -2.01. The number of allylic oxidation sites excluding steroid dienone is 2. The molecule has 0 atom stereocenters. The van der Waals surface area contributed by atoms with Gasteiger partial charge >= 0.3 is 0 Å². The number of hydrogen-bond donors (Lipinski definition) is 1. The summed E-state index contributed by atoms with van der Waals surface area (Å²) in [6, 6.07) is 7.94. The van der Waals surface area contributed by atoms with Crippen molar-refractivity contribution >= 4 is 16.6 Å². The van der Waals surface area contributed by atoms with E-state index in [9.17, 15) is 0 Å². The third-order valence-electron chi connectivity index (χ3n) is 3.68. The molecular weight excluding hydrogens is 262 g/mol. The summed E-state index contributed by atoms with van der Waals surface area (Å²) < 4.78 is 1.84. The van der Waals surface area contributed by atoms with Gasteiger partial charge in [-0.3, -0.25) is 5.10 Å². The number of aromatic amines is 1. The van der Waals surface area contributed by atoms with E-state index in [0.29, 0.717) is 0 Å². The summed E-state index contributed by atoms with van der Waals surface area (Å²) in [5.41, 5.74) is 5.28. The number of aromatic nitrogens is 5. The maximum absolute atomic E-state index is 4.38. The number of nitrogens with zero attached hydrogens (tertiary/aromatic N) is 4. The number of fused-ring (bicyclic) bond motifs is 1. The fourth-order valence-corrected chi connectivity index (χ4v) is 2.67. The Morgan fingerprint density at radius 2 is 2.14 bits per heavy atom. The Labute approximate surface area is 123 Å². The molecule has 0 radical (unpaired) electrons. The third-order valence-corrected chi connectivity index (χ3v) is 3.68. The second-order valence-electron chi connectivity index (χ2n) is 5.09. The minimum atomic E-state index is 0.883. The Hall–Kier alpha value is -2.43. The minimum Gasteiger partial charge on any atom is -0.260 e. The van der Waals surface area contributed by atoms with Gasteiger partial charge in [-0.05, 0) is 38.0 Å². The quantitative estimate of drug-likeness (QED) is 0.794. The Morgan fingerprint density at radius 3 is 2.90 bits per heavy atom. The lowest BCUT2D eigenvalue weighted by Gasteiger charge is -2.08. The van der Waals surface area contributed by atoms with Crippen LogP contribution in [0, 0.1) is 6.92 Å². The molecule has 3 rings (SSSR count). The van der Waals surface area contributed by atoms with Gasteiger partial charge in [0.2, 0.25) is 0 Å². The topological polar surface area (TPSA) is 59.4 Å². The van der Waals surface area contributed by atoms with Crippen LogP contribution in [0.25, 0.3) is 22.4 Å². The predicted molar refractivity (Wildman–Crippen MR) is 84.3 cm³/mol. The number of aryl methyl sites for hydroxylation is 1. The molecule has 1 N–H and O–H groups in total. The van der Waals surface area contributed by atoms with Crippen molar-refractivity contribution in [2.45, 2.75) is 33.6 Å². The first-order chi connectivity index (χ1) is 10.3. The van der Waals surface area contributed by atoms with Gasteiger partial charge in [0.25, 0.3) is 0 Å². The van der Waals surface area contributed by atoms with Gasteiger partial charge in [0.05, 0.1) is 11.2 Å². The van der Waals surface area contributed by atoms with Crippen LogP contribution in [0.15, 0.2) is 30.3 Å². The highest BCUT2D eigenvalue weighted by Gasteiger charge is 2.17. The monoisotopic (exact) mass is 281 g/mol. The smallest absolute Gasteiger partial charge is 0.159 e. The zero-order valence-corrected chi connectivity index (χ0v) is 12.6. The molecule has 0 bridgehead atoms. The maximum atomic E-state index is 4.38. The molecule has 108 valence electrons. The molecule has 0 saturated carbocycles. The lowest BCUT2D eigenvalue weighted by molar-refractivity contribution is 0.792. The SMILES string of the molecule is C/C=C(/CCC)c1c(C)n[nH]c1-n1nnc2ccccc21. The summed E-state index contributed by atoms with van der Waals surface area (Å²) in [6.07, 6.45) is 4.28. The number of hydrogen-bond acceptors (Lipinski definition) is 3. The van der Waals surface area contributed by atoms with E-state index in [1.54, 1.807) is 0 Å². The lowest BCUT2D eigenvalue weighted by atomic mass is 10.0. The van der Waals surface area contributed by atoms with Crippen LogP contribution in [0.2, 0.25) is 0 Å². The van der Waals surface area contributed by atoms with E-state index in [4.69, 9.17) is 0 Å². The largest absolute Gasteiger partial charge is 0.260 e. The van der Waals surface area contributed by atoms with Crippen LogP contribution in [0.3, 0.4) is 0 Å². The van der Waals surface area contributed by atoms with Crippen molar-refractivity contribution in [3.05, 3.63) is 41.6 Å². The molecule has 2 aromatic heterocycles. The number of H-pyrrole nitrogens is 1. The van der Waals surface area contributed by atoms with Gasteiger partial charge in [0.1, 0.15) is 5.52 Å². The molecule has 0 spiro atoms. The molecule has 0 fully saturated rings. The second-order valence-corrected chi connectivity index (χ2v) is 5.09. The fourth-order valence-electron chi connectivity index (χ4n) is 2.67. The van der Waals surface area contributed by atoms with E-state index in [-0.39, 0.29) is 0 Å². The molecule has 5 heteroatoms. The van der Waals surface area contributed by atoms with Gasteiger partial charge in [-0.1, -0.05) is 36.8 Å². The zero-order valence-electron chi connectivity index (χ0n) is 12.6. The normalized spacial score (nSPS) is 12.2. The fraction of sp³-hybridized carbons (Fsp3) is 0.312. The molecule has 0 aliphatic heterocycles. The van der Waals surface area contributed by atoms with Gasteiger partial charge in [0, 0.05) is 5.56 Å². The van der Waals surface area contributed by atoms with Gasteiger partial charge in [-0.25, -0.2) is 0 Å². The summed E-state index contributed by atoms with van der Waals surface area (Å²) in [6.45, 7) is 6.28. The third kappa shape index (κ3) is 2.24. The summed E-state index contributed by atoms with van der Waals surface area (Å²) in [5, 5.41) is 16.0. The molecule has 0 amide bonds. The molecule has 0 aliphatic carbocycles. The number of benzene rings is 1. The highest BCUT2D eigenvalue weighted by atomic mass is 15.5. The van der Waals surface area contributed by atoms with Crippen LogP contribution >= 0.6 is 0 Å². The van der Waals surface area contributed by atoms with Crippen LogP contribution in [0.5, 0.6) is 0 Å². The molecular formula is C16H19N5. The molecule has 5 nitrogen and oxygen atoms in total. The molecule has 0 saturated heterocycles. The van der Waals surface area contributed by atoms with E-state index in [1.807, 2.05) is 35.9 Å². The van der Waals surface area contributed by atoms with Crippen molar-refractivity contribution in [3.8, 4) is 5.82 Å². The van der Waals surface area contributed by atoms with Crippen molar-refractivity contribution < 1.29 is 0 Å². The van der Waals surface area contributed by atoms with E-state index in [0.717, 1.165) is 41.0 Å². The van der Waals surface area contributed by atoms with Crippen molar-refractivity contribution in [3.63, 3.8) is 0 Å². The summed E-state index contributed by atoms with van der Waals surface area (Å²) in [4.78, 5) is 0. The van der Waals surface area contributed by atoms with Gasteiger partial charge < -0.3 is 0 Å². The van der Waals surface area contributed by atoms with Crippen LogP contribution in [-0.4, -0.2) is 25.2 Å². The highest BCUT2D eigenvalue weighted by Crippen LogP contribution is 2.28. The van der Waals surface area contributed by atoms with Gasteiger partial charge in [0.15, 0.2) is 5.82 Å². The van der Waals surface area contributed by atoms with Crippen LogP contribution < -0.4 is 0 Å². The first kappa shape index (κ1) is 13.5. The predicted octanol–water partition coefficient (Wildman–Crippen LogP) is 3.66. The van der Waals surface area contributed by atoms with Crippen molar-refractivity contribution in [2.24, 2.45) is 0 Å². The van der Waals surface area contributed by atoms with Gasteiger partial charge in [-0.15, -0.1) is 5.10 Å². The highest BCUT2D eigenvalue weighted by molar-refractivity contribution is 5.79. The van der Waals surface area contributed by atoms with Crippen LogP contribution in [0.1, 0.15) is 37.9 Å². The van der Waals surface area contributed by atoms with E-state index >= 15 is 0 Å². The van der Waals surface area contributed by atoms with Crippen molar-refractivity contribution in [2.75, 3.05) is 0 Å². The average Bonchev–Trinajstić information content (AvgIpc) is 3.08. The first-order valence-electron chi connectivity index (χ1n) is 7.27. The number of nitrogens with one attached hydrogen (secondary N) is 1. The molecule has 3 aromatic rings. The number of para-hydroxylation sites is 1. The Balaban J connectivity index is 2.20. The van der Waals surface area contributed by atoms with Crippen molar-refractivity contribution in [1.82, 2.24) is 25.2 Å². The van der Waals surface area contributed by atoms with E-state index in [2.05, 4.69) is 40.4 Å². The van der Waals surface area contributed by atoms with E-state index < -0.39 is 0 Å². The maximum Gasteiger partial charge on any atom is 0.159 e. The molecule has 1 aromatic carbocycles. The average molecular weight is 281 g/mol. The summed E-state index contributed by atoms with van der Waals surface area (Å²) in [5.74, 6) is 0.891. The van der Waals surface area contributed by atoms with Gasteiger partial charge in [-0.2, -0.15) is 9.78 Å². The molecule has 21 heavy (non-hydrogen) atoms. The summed E-state index contributed by atoms with van der Waals surface area (Å²) in [7, 11) is 0. The van der Waals surface area contributed by atoms with E-state index in [1.165, 1.54) is 5.57 Å². The summed E-state index contributed by atoms with van der Waals surface area (Å²) >= 11 is 0. The number of rotatable bonds is 4. The molecule has 0 aliphatic rings. The zero-order chi connectivity index (χ0) is 14.8. The van der Waals surface area contributed by atoms with Crippen LogP contribution in [-0.2, 0) is 0 Å². The van der Waals surface area contributed by atoms with Crippen LogP contribution in [0.4, 0.5) is 0 Å². The second kappa shape index (κ2) is 5.52. The molecule has 2 heterocycles.